The highest BCUT2D eigenvalue weighted by molar-refractivity contribution is 5.89. The van der Waals surface area contributed by atoms with Crippen molar-refractivity contribution in [2.45, 2.75) is 32.6 Å². The molecular formula is C17H24N2O2. The first-order valence-corrected chi connectivity index (χ1v) is 7.80. The predicted molar refractivity (Wildman–Crippen MR) is 82.8 cm³/mol. The Hall–Kier alpha value is -1.84. The second-order valence-corrected chi connectivity index (χ2v) is 5.62. The van der Waals surface area contributed by atoms with Crippen LogP contribution in [0.2, 0.25) is 0 Å². The van der Waals surface area contributed by atoms with Gasteiger partial charge in [-0.05, 0) is 18.4 Å². The van der Waals surface area contributed by atoms with Crippen molar-refractivity contribution in [3.8, 4) is 0 Å². The van der Waals surface area contributed by atoms with Crippen molar-refractivity contribution >= 4 is 11.8 Å². The minimum absolute atomic E-state index is 0.0269. The van der Waals surface area contributed by atoms with Crippen LogP contribution in [0.25, 0.3) is 0 Å². The first-order chi connectivity index (χ1) is 10.2. The van der Waals surface area contributed by atoms with Crippen molar-refractivity contribution in [3.05, 3.63) is 35.9 Å². The Morgan fingerprint density at radius 2 is 2.10 bits per heavy atom. The summed E-state index contributed by atoms with van der Waals surface area (Å²) < 4.78 is 0. The molecule has 4 heteroatoms. The van der Waals surface area contributed by atoms with Gasteiger partial charge in [-0.1, -0.05) is 43.7 Å². The van der Waals surface area contributed by atoms with Gasteiger partial charge in [-0.3, -0.25) is 9.59 Å². The molecule has 1 fully saturated rings. The van der Waals surface area contributed by atoms with Crippen LogP contribution in [-0.4, -0.2) is 36.3 Å². The molecule has 0 radical (unpaired) electrons. The molecule has 1 aliphatic heterocycles. The number of unbranched alkanes of at least 4 members (excludes halogenated alkanes) is 1. The highest BCUT2D eigenvalue weighted by Crippen LogP contribution is 2.18. The molecule has 1 atom stereocenters. The van der Waals surface area contributed by atoms with E-state index in [0.717, 1.165) is 19.3 Å². The maximum atomic E-state index is 12.0. The van der Waals surface area contributed by atoms with Crippen LogP contribution < -0.4 is 5.32 Å². The quantitative estimate of drug-likeness (QED) is 0.780. The monoisotopic (exact) mass is 288 g/mol. The van der Waals surface area contributed by atoms with Crippen LogP contribution in [0.1, 0.15) is 31.7 Å². The Morgan fingerprint density at radius 3 is 2.81 bits per heavy atom. The van der Waals surface area contributed by atoms with E-state index in [0.29, 0.717) is 26.1 Å². The lowest BCUT2D eigenvalue weighted by atomic mass is 10.1. The highest BCUT2D eigenvalue weighted by atomic mass is 16.2. The molecule has 1 heterocycles. The molecule has 1 aromatic rings. The molecule has 2 rings (SSSR count). The van der Waals surface area contributed by atoms with Crippen molar-refractivity contribution in [1.82, 2.24) is 10.2 Å². The highest BCUT2D eigenvalue weighted by Gasteiger charge is 2.33. The fourth-order valence-corrected chi connectivity index (χ4v) is 2.61. The van der Waals surface area contributed by atoms with Crippen molar-refractivity contribution < 1.29 is 9.59 Å². The topological polar surface area (TPSA) is 49.4 Å². The van der Waals surface area contributed by atoms with E-state index in [1.807, 2.05) is 23.1 Å². The van der Waals surface area contributed by atoms with E-state index in [9.17, 15) is 9.59 Å². The van der Waals surface area contributed by atoms with Crippen LogP contribution in [0.4, 0.5) is 0 Å². The van der Waals surface area contributed by atoms with E-state index in [1.165, 1.54) is 5.56 Å². The molecule has 0 spiro atoms. The third-order valence-electron chi connectivity index (χ3n) is 3.93. The van der Waals surface area contributed by atoms with E-state index in [1.54, 1.807) is 0 Å². The zero-order valence-corrected chi connectivity index (χ0v) is 12.7. The summed E-state index contributed by atoms with van der Waals surface area (Å²) in [6, 6.07) is 10.1. The maximum absolute atomic E-state index is 12.0. The molecule has 114 valence electrons. The number of hydrogen-bond donors (Lipinski definition) is 1. The molecule has 2 amide bonds. The minimum atomic E-state index is -0.176. The molecule has 0 saturated carbocycles. The van der Waals surface area contributed by atoms with Crippen molar-refractivity contribution in [1.29, 1.82) is 0 Å². The van der Waals surface area contributed by atoms with Gasteiger partial charge >= 0.3 is 0 Å². The number of carbonyl (C=O) groups excluding carboxylic acids is 2. The molecular weight excluding hydrogens is 264 g/mol. The predicted octanol–water partition coefficient (Wildman–Crippen LogP) is 1.99. The number of hydrogen-bond acceptors (Lipinski definition) is 2. The van der Waals surface area contributed by atoms with Crippen LogP contribution >= 0.6 is 0 Å². The van der Waals surface area contributed by atoms with Gasteiger partial charge in [0.05, 0.1) is 5.92 Å². The van der Waals surface area contributed by atoms with E-state index < -0.39 is 0 Å². The van der Waals surface area contributed by atoms with Gasteiger partial charge in [0.1, 0.15) is 0 Å². The largest absolute Gasteiger partial charge is 0.356 e. The Kier molecular flexibility index (Phi) is 5.78. The molecule has 0 aliphatic carbocycles. The van der Waals surface area contributed by atoms with Gasteiger partial charge in [-0.25, -0.2) is 0 Å². The smallest absolute Gasteiger partial charge is 0.225 e. The van der Waals surface area contributed by atoms with Crippen LogP contribution in [0.5, 0.6) is 0 Å². The second-order valence-electron chi connectivity index (χ2n) is 5.62. The van der Waals surface area contributed by atoms with Gasteiger partial charge in [0, 0.05) is 26.1 Å². The van der Waals surface area contributed by atoms with Crippen LogP contribution in [0, 0.1) is 5.92 Å². The molecule has 0 unspecified atom stereocenters. The fourth-order valence-electron chi connectivity index (χ4n) is 2.61. The third-order valence-corrected chi connectivity index (χ3v) is 3.93. The fraction of sp³-hybridized carbons (Fsp3) is 0.529. The lowest BCUT2D eigenvalue weighted by Crippen LogP contribution is -2.34. The SMILES string of the molecule is CCCCNC(=O)[C@H]1CC(=O)N(CCc2ccccc2)C1. The Morgan fingerprint density at radius 1 is 1.33 bits per heavy atom. The van der Waals surface area contributed by atoms with Gasteiger partial charge in [0.15, 0.2) is 0 Å². The molecule has 1 saturated heterocycles. The van der Waals surface area contributed by atoms with E-state index in [2.05, 4.69) is 24.4 Å². The first-order valence-electron chi connectivity index (χ1n) is 7.80. The number of benzene rings is 1. The Labute approximate surface area is 126 Å². The first kappa shape index (κ1) is 15.5. The van der Waals surface area contributed by atoms with E-state index >= 15 is 0 Å². The number of carbonyl (C=O) groups is 2. The van der Waals surface area contributed by atoms with Gasteiger partial charge in [0.2, 0.25) is 11.8 Å². The van der Waals surface area contributed by atoms with E-state index in [4.69, 9.17) is 0 Å². The number of amides is 2. The number of nitrogens with one attached hydrogen (secondary N) is 1. The van der Waals surface area contributed by atoms with Crippen LogP contribution in [0.15, 0.2) is 30.3 Å². The molecule has 0 aromatic heterocycles. The third kappa shape index (κ3) is 4.59. The summed E-state index contributed by atoms with van der Waals surface area (Å²) in [6.45, 7) is 4.06. The molecule has 1 N–H and O–H groups in total. The number of likely N-dealkylation sites (tertiary alicyclic amines) is 1. The molecule has 4 nitrogen and oxygen atoms in total. The lowest BCUT2D eigenvalue weighted by molar-refractivity contribution is -0.129. The number of rotatable bonds is 7. The molecule has 0 bridgehead atoms. The standard InChI is InChI=1S/C17H24N2O2/c1-2-3-10-18-17(21)15-12-16(20)19(13-15)11-9-14-7-5-4-6-8-14/h4-8,15H,2-3,9-13H2,1H3,(H,18,21)/t15-/m0/s1. The van der Waals surface area contributed by atoms with Crippen molar-refractivity contribution in [2.24, 2.45) is 5.92 Å². The van der Waals surface area contributed by atoms with Crippen molar-refractivity contribution in [2.75, 3.05) is 19.6 Å². The number of nitrogens with zero attached hydrogens (tertiary/aromatic N) is 1. The van der Waals surface area contributed by atoms with Gasteiger partial charge < -0.3 is 10.2 Å². The zero-order chi connectivity index (χ0) is 15.1. The summed E-state index contributed by atoms with van der Waals surface area (Å²) in [5, 5.41) is 2.92. The summed E-state index contributed by atoms with van der Waals surface area (Å²) in [5.41, 5.74) is 1.22. The van der Waals surface area contributed by atoms with Crippen LogP contribution in [-0.2, 0) is 16.0 Å². The van der Waals surface area contributed by atoms with E-state index in [-0.39, 0.29) is 17.7 Å². The molecule has 1 aliphatic rings. The zero-order valence-electron chi connectivity index (χ0n) is 12.7. The Balaban J connectivity index is 1.78. The minimum Gasteiger partial charge on any atom is -0.356 e. The summed E-state index contributed by atoms with van der Waals surface area (Å²) >= 11 is 0. The summed E-state index contributed by atoms with van der Waals surface area (Å²) in [4.78, 5) is 25.8. The van der Waals surface area contributed by atoms with Gasteiger partial charge in [-0.2, -0.15) is 0 Å². The van der Waals surface area contributed by atoms with Gasteiger partial charge in [-0.15, -0.1) is 0 Å². The maximum Gasteiger partial charge on any atom is 0.225 e. The average molecular weight is 288 g/mol. The summed E-state index contributed by atoms with van der Waals surface area (Å²) in [7, 11) is 0. The second kappa shape index (κ2) is 7.81. The lowest BCUT2D eigenvalue weighted by Gasteiger charge is -2.16. The average Bonchev–Trinajstić information content (AvgIpc) is 2.88. The van der Waals surface area contributed by atoms with Gasteiger partial charge in [0.25, 0.3) is 0 Å². The summed E-state index contributed by atoms with van der Waals surface area (Å²) in [6.07, 6.45) is 3.25. The van der Waals surface area contributed by atoms with Crippen LogP contribution in [0.3, 0.4) is 0 Å². The molecule has 1 aromatic carbocycles. The van der Waals surface area contributed by atoms with Crippen molar-refractivity contribution in [3.63, 3.8) is 0 Å². The normalized spacial score (nSPS) is 18.0. The Bertz CT molecular complexity index is 473. The molecule has 21 heavy (non-hydrogen) atoms. The summed E-state index contributed by atoms with van der Waals surface area (Å²) in [5.74, 6) is -0.0503.